The van der Waals surface area contributed by atoms with E-state index in [2.05, 4.69) is 17.6 Å². The third-order valence-corrected chi connectivity index (χ3v) is 7.46. The SMILES string of the molecule is CCN(CC)S(=O)(=O)c1ccc(OC)c(NC(=S)N[C@H]2CCCC[C@@H]2C)c1. The van der Waals surface area contributed by atoms with Gasteiger partial charge in [-0.1, -0.05) is 33.6 Å². The van der Waals surface area contributed by atoms with Crippen LogP contribution in [0, 0.1) is 5.92 Å². The number of ether oxygens (including phenoxy) is 1. The normalized spacial score (nSPS) is 20.3. The molecular weight excluding hydrogens is 382 g/mol. The van der Waals surface area contributed by atoms with Crippen molar-refractivity contribution in [3.05, 3.63) is 18.2 Å². The Bertz CT molecular complexity index is 749. The largest absolute Gasteiger partial charge is 0.495 e. The van der Waals surface area contributed by atoms with Gasteiger partial charge in [-0.3, -0.25) is 0 Å². The summed E-state index contributed by atoms with van der Waals surface area (Å²) in [5, 5.41) is 7.00. The highest BCUT2D eigenvalue weighted by Crippen LogP contribution is 2.29. The Morgan fingerprint density at radius 1 is 1.26 bits per heavy atom. The molecule has 8 heteroatoms. The van der Waals surface area contributed by atoms with Gasteiger partial charge >= 0.3 is 0 Å². The first kappa shape index (κ1) is 21.9. The number of anilines is 1. The van der Waals surface area contributed by atoms with Gasteiger partial charge < -0.3 is 15.4 Å². The number of hydrogen-bond acceptors (Lipinski definition) is 4. The number of sulfonamides is 1. The Morgan fingerprint density at radius 3 is 2.52 bits per heavy atom. The fraction of sp³-hybridized carbons (Fsp3) is 0.632. The molecule has 0 aromatic heterocycles. The molecule has 1 aliphatic rings. The molecule has 1 fully saturated rings. The minimum Gasteiger partial charge on any atom is -0.495 e. The van der Waals surface area contributed by atoms with Crippen LogP contribution < -0.4 is 15.4 Å². The summed E-state index contributed by atoms with van der Waals surface area (Å²) in [4.78, 5) is 0.225. The van der Waals surface area contributed by atoms with Gasteiger partial charge in [0.25, 0.3) is 0 Å². The Labute approximate surface area is 168 Å². The molecule has 0 amide bonds. The lowest BCUT2D eigenvalue weighted by atomic mass is 9.86. The van der Waals surface area contributed by atoms with Crippen molar-refractivity contribution >= 4 is 33.0 Å². The van der Waals surface area contributed by atoms with Crippen LogP contribution in [0.1, 0.15) is 46.5 Å². The number of rotatable bonds is 7. The fourth-order valence-electron chi connectivity index (χ4n) is 3.52. The summed E-state index contributed by atoms with van der Waals surface area (Å²) in [7, 11) is -1.99. The van der Waals surface area contributed by atoms with Gasteiger partial charge in [0.15, 0.2) is 5.11 Å². The van der Waals surface area contributed by atoms with E-state index >= 15 is 0 Å². The van der Waals surface area contributed by atoms with E-state index in [1.807, 2.05) is 13.8 Å². The van der Waals surface area contributed by atoms with Crippen molar-refractivity contribution in [1.82, 2.24) is 9.62 Å². The first-order valence-electron chi connectivity index (χ1n) is 9.59. The molecule has 2 rings (SSSR count). The summed E-state index contributed by atoms with van der Waals surface area (Å²) in [5.41, 5.74) is 0.548. The maximum Gasteiger partial charge on any atom is 0.243 e. The molecule has 6 nitrogen and oxygen atoms in total. The summed E-state index contributed by atoms with van der Waals surface area (Å²) in [5.74, 6) is 1.11. The molecule has 0 aliphatic heterocycles. The van der Waals surface area contributed by atoms with Crippen LogP contribution in [0.25, 0.3) is 0 Å². The fourth-order valence-corrected chi connectivity index (χ4v) is 5.26. The van der Waals surface area contributed by atoms with E-state index in [4.69, 9.17) is 17.0 Å². The van der Waals surface area contributed by atoms with Crippen molar-refractivity contribution in [3.63, 3.8) is 0 Å². The van der Waals surface area contributed by atoms with Crippen molar-refractivity contribution in [2.45, 2.75) is 57.4 Å². The van der Waals surface area contributed by atoms with Crippen molar-refractivity contribution in [3.8, 4) is 5.75 Å². The molecule has 2 atom stereocenters. The Morgan fingerprint density at radius 2 is 1.93 bits per heavy atom. The first-order chi connectivity index (χ1) is 12.8. The third kappa shape index (κ3) is 5.33. The predicted octanol–water partition coefficient (Wildman–Crippen LogP) is 3.59. The van der Waals surface area contributed by atoms with Crippen LogP contribution in [-0.2, 0) is 10.0 Å². The Kier molecular flexibility index (Phi) is 7.88. The average molecular weight is 414 g/mol. The van der Waals surface area contributed by atoms with Crippen LogP contribution in [0.2, 0.25) is 0 Å². The maximum atomic E-state index is 12.8. The summed E-state index contributed by atoms with van der Waals surface area (Å²) in [6.07, 6.45) is 4.75. The molecule has 1 saturated carbocycles. The monoisotopic (exact) mass is 413 g/mol. The number of benzene rings is 1. The van der Waals surface area contributed by atoms with Crippen molar-refractivity contribution < 1.29 is 13.2 Å². The maximum absolute atomic E-state index is 12.8. The predicted molar refractivity (Wildman–Crippen MR) is 114 cm³/mol. The van der Waals surface area contributed by atoms with Crippen molar-refractivity contribution in [2.24, 2.45) is 5.92 Å². The lowest BCUT2D eigenvalue weighted by Gasteiger charge is -2.30. The van der Waals surface area contributed by atoms with E-state index in [9.17, 15) is 8.42 Å². The topological polar surface area (TPSA) is 70.7 Å². The number of hydrogen-bond donors (Lipinski definition) is 2. The number of nitrogens with zero attached hydrogens (tertiary/aromatic N) is 1. The summed E-state index contributed by atoms with van der Waals surface area (Å²) < 4.78 is 32.4. The van der Waals surface area contributed by atoms with Crippen molar-refractivity contribution in [1.29, 1.82) is 0 Å². The summed E-state index contributed by atoms with van der Waals surface area (Å²) in [6.45, 7) is 6.74. The lowest BCUT2D eigenvalue weighted by Crippen LogP contribution is -2.43. The van der Waals surface area contributed by atoms with Gasteiger partial charge in [-0.2, -0.15) is 4.31 Å². The van der Waals surface area contributed by atoms with E-state index in [-0.39, 0.29) is 4.90 Å². The quantitative estimate of drug-likeness (QED) is 0.666. The Hall–Kier alpha value is -1.38. The van der Waals surface area contributed by atoms with E-state index in [1.54, 1.807) is 25.3 Å². The van der Waals surface area contributed by atoms with Gasteiger partial charge in [0.2, 0.25) is 10.0 Å². The third-order valence-electron chi connectivity index (χ3n) is 5.19. The molecule has 0 spiro atoms. The Balaban J connectivity index is 2.21. The molecule has 1 aromatic rings. The number of methoxy groups -OCH3 is 1. The van der Waals surface area contributed by atoms with Gasteiger partial charge in [0.1, 0.15) is 5.75 Å². The van der Waals surface area contributed by atoms with E-state index in [0.29, 0.717) is 41.6 Å². The van der Waals surface area contributed by atoms with E-state index in [0.717, 1.165) is 6.42 Å². The molecule has 0 radical (unpaired) electrons. The van der Waals surface area contributed by atoms with Gasteiger partial charge in [-0.15, -0.1) is 0 Å². The van der Waals surface area contributed by atoms with Crippen LogP contribution in [0.4, 0.5) is 5.69 Å². The van der Waals surface area contributed by atoms with Gasteiger partial charge in [-0.05, 0) is 49.2 Å². The minimum atomic E-state index is -3.55. The molecule has 1 aromatic carbocycles. The zero-order valence-electron chi connectivity index (χ0n) is 16.6. The second-order valence-corrected chi connectivity index (χ2v) is 9.26. The van der Waals surface area contributed by atoms with Crippen LogP contribution >= 0.6 is 12.2 Å². The number of thiocarbonyl (C=S) groups is 1. The highest BCUT2D eigenvalue weighted by molar-refractivity contribution is 7.89. The van der Waals surface area contributed by atoms with Crippen LogP contribution in [0.3, 0.4) is 0 Å². The molecule has 27 heavy (non-hydrogen) atoms. The molecule has 152 valence electrons. The van der Waals surface area contributed by atoms with E-state index < -0.39 is 10.0 Å². The average Bonchev–Trinajstić information content (AvgIpc) is 2.64. The first-order valence-corrected chi connectivity index (χ1v) is 11.4. The highest BCUT2D eigenvalue weighted by atomic mass is 32.2. The molecule has 2 N–H and O–H groups in total. The van der Waals surface area contributed by atoms with Gasteiger partial charge in [0.05, 0.1) is 17.7 Å². The zero-order valence-corrected chi connectivity index (χ0v) is 18.3. The molecule has 0 unspecified atom stereocenters. The van der Waals surface area contributed by atoms with Crippen LogP contribution in [0.5, 0.6) is 5.75 Å². The van der Waals surface area contributed by atoms with Crippen LogP contribution in [-0.4, -0.2) is 44.1 Å². The summed E-state index contributed by atoms with van der Waals surface area (Å²) in [6, 6.07) is 5.15. The summed E-state index contributed by atoms with van der Waals surface area (Å²) >= 11 is 5.47. The molecular formula is C19H31N3O3S2. The lowest BCUT2D eigenvalue weighted by molar-refractivity contribution is 0.309. The van der Waals surface area contributed by atoms with E-state index in [1.165, 1.54) is 23.6 Å². The standard InChI is InChI=1S/C19H31N3O3S2/c1-5-22(6-2)27(23,24)15-11-12-18(25-4)17(13-15)21-19(26)20-16-10-8-7-9-14(16)3/h11-14,16H,5-10H2,1-4H3,(H2,20,21,26)/t14-,16-/m0/s1. The number of nitrogens with one attached hydrogen (secondary N) is 2. The van der Waals surface area contributed by atoms with Crippen molar-refractivity contribution in [2.75, 3.05) is 25.5 Å². The molecule has 0 heterocycles. The molecule has 1 aliphatic carbocycles. The minimum absolute atomic E-state index is 0.225. The smallest absolute Gasteiger partial charge is 0.243 e. The molecule has 0 bridgehead atoms. The zero-order chi connectivity index (χ0) is 20.0. The second kappa shape index (κ2) is 9.71. The second-order valence-electron chi connectivity index (χ2n) is 6.92. The highest BCUT2D eigenvalue weighted by Gasteiger charge is 2.24. The van der Waals surface area contributed by atoms with Gasteiger partial charge in [0, 0.05) is 19.1 Å². The van der Waals surface area contributed by atoms with Gasteiger partial charge in [-0.25, -0.2) is 8.42 Å². The van der Waals surface area contributed by atoms with Crippen LogP contribution in [0.15, 0.2) is 23.1 Å². The molecule has 0 saturated heterocycles.